The van der Waals surface area contributed by atoms with E-state index < -0.39 is 0 Å². The normalized spacial score (nSPS) is 3.69. The Kier molecular flexibility index (Phi) is 665. The van der Waals surface area contributed by atoms with E-state index >= 15 is 0 Å². The molecule has 0 aliphatic carbocycles. The van der Waals surface area contributed by atoms with Gasteiger partial charge in [-0.1, -0.05) is 0 Å². The Hall–Kier alpha value is -2.40. The molecular weight excluding hydrogens is 180 g/mol. The van der Waals surface area contributed by atoms with E-state index in [4.69, 9.17) is 22.1 Å². The van der Waals surface area contributed by atoms with Gasteiger partial charge in [-0.05, 0) is 0 Å². The van der Waals surface area contributed by atoms with Crippen LogP contribution in [0.25, 0.3) is 22.1 Å². The van der Waals surface area contributed by atoms with Crippen molar-refractivity contribution in [3.05, 3.63) is 29.6 Å². The minimum atomic E-state index is 0. The van der Waals surface area contributed by atoms with E-state index in [0.717, 1.165) is 0 Å². The third kappa shape index (κ3) is 96.3. The van der Waals surface area contributed by atoms with Crippen LogP contribution in [0.15, 0.2) is 20.9 Å². The van der Waals surface area contributed by atoms with Crippen LogP contribution in [-0.2, 0) is 0 Å². The zero-order valence-electron chi connectivity index (χ0n) is 6.39. The summed E-state index contributed by atoms with van der Waals surface area (Å²) in [7, 11) is 0. The molecule has 0 amide bonds. The maximum Gasteiger partial charge on any atom is 4.00 e. The molecule has 12 nitrogen and oxygen atoms in total. The van der Waals surface area contributed by atoms with E-state index in [9.17, 15) is 0 Å². The first-order chi connectivity index (χ1) is 5.66. The summed E-state index contributed by atoms with van der Waals surface area (Å²) in [5.74, 6) is 16.1. The van der Waals surface area contributed by atoms with Crippen molar-refractivity contribution < 1.29 is 0 Å². The molecule has 0 aromatic heterocycles. The van der Waals surface area contributed by atoms with Crippen molar-refractivity contribution in [2.24, 2.45) is 44.3 Å². The van der Waals surface area contributed by atoms with Crippen molar-refractivity contribution in [2.45, 2.75) is 0 Å². The van der Waals surface area contributed by atoms with Crippen LogP contribution in [0, 0.1) is 7.43 Å². The van der Waals surface area contributed by atoms with E-state index in [1.165, 1.54) is 0 Å². The first kappa shape index (κ1) is 31.2. The van der Waals surface area contributed by atoms with Crippen molar-refractivity contribution in [1.29, 1.82) is 0 Å². The van der Waals surface area contributed by atoms with Crippen molar-refractivity contribution in [3.8, 4) is 0 Å². The van der Waals surface area contributed by atoms with Crippen LogP contribution < -0.4 is 23.4 Å². The van der Waals surface area contributed by atoms with Gasteiger partial charge in [-0.2, -0.15) is 0 Å². The van der Waals surface area contributed by atoms with Gasteiger partial charge < -0.3 is 45.5 Å². The fourth-order valence-electron chi connectivity index (χ4n) is 0. The summed E-state index contributed by atoms with van der Waals surface area (Å²) < 4.78 is 0. The molecule has 0 aromatic rings. The molecule has 0 heterocycles. The predicted molar refractivity (Wildman–Crippen MR) is 43.1 cm³/mol. The van der Waals surface area contributed by atoms with E-state index in [0.29, 0.717) is 0 Å². The van der Waals surface area contributed by atoms with Gasteiger partial charge in [0.15, 0.2) is 0 Å². The summed E-state index contributed by atoms with van der Waals surface area (Å²) >= 11 is 0. The molecule has 0 bridgehead atoms. The van der Waals surface area contributed by atoms with Crippen molar-refractivity contribution in [2.75, 3.05) is 0 Å². The van der Waals surface area contributed by atoms with Crippen molar-refractivity contribution in [3.63, 3.8) is 0 Å². The molecule has 0 aliphatic heterocycles. The molecule has 8 N–H and O–H groups in total. The van der Waals surface area contributed by atoms with Crippen LogP contribution in [0.5, 0.6) is 0 Å². The molecule has 0 radical (unpaired) electrons. The second kappa shape index (κ2) is 277. The first-order valence-corrected chi connectivity index (χ1v) is 1.83. The number of nitrogens with two attached hydrogens (primary N) is 4. The first-order valence-electron chi connectivity index (χ1n) is 1.83. The van der Waals surface area contributed by atoms with Crippen LogP contribution in [0.1, 0.15) is 0 Å². The van der Waals surface area contributed by atoms with Gasteiger partial charge in [-0.3, -0.25) is 20.9 Å². The Morgan fingerprint density at radius 3 is 0.538 bits per heavy atom. The van der Waals surface area contributed by atoms with Crippen LogP contribution in [0.4, 0.5) is 0 Å². The molecule has 0 aromatic carbocycles. The zero-order chi connectivity index (χ0) is 10.8. The fraction of sp³-hybridized carbons (Fsp3) is 0. The molecule has 0 saturated heterocycles. The number of hydrogen-bond acceptors (Lipinski definition) is 4. The van der Waals surface area contributed by atoms with Gasteiger partial charge in [-0.15, -0.1) is 0 Å². The van der Waals surface area contributed by atoms with Gasteiger partial charge in [0.25, 0.3) is 0 Å². The standard InChI is InChI=1S/C.4H2N3/c;4*1-3-2/h;4*(H2-,1,2)/q+4;4*-1. The van der Waals surface area contributed by atoms with Crippen molar-refractivity contribution >= 4 is 0 Å². The monoisotopic (exact) mass is 188 g/mol. The number of hydrogen-bond donors (Lipinski definition) is 4. The van der Waals surface area contributed by atoms with Gasteiger partial charge in [0, 0.05) is 0 Å². The van der Waals surface area contributed by atoms with E-state index in [1.807, 2.05) is 20.9 Å². The summed E-state index contributed by atoms with van der Waals surface area (Å²) in [5, 5.41) is 8.00. The third-order valence-corrected chi connectivity index (χ3v) is 0. The minimum absolute atomic E-state index is 0. The van der Waals surface area contributed by atoms with Gasteiger partial charge in [0.05, 0.1) is 0 Å². The summed E-state index contributed by atoms with van der Waals surface area (Å²) in [6.45, 7) is 0. The third-order valence-electron chi connectivity index (χ3n) is 0. The molecule has 0 aliphatic rings. The Bertz CT molecular complexity index is 59.1. The maximum atomic E-state index is 6.97. The Labute approximate surface area is 74.9 Å². The predicted octanol–water partition coefficient (Wildman–Crippen LogP) is -0.392. The summed E-state index contributed by atoms with van der Waals surface area (Å²) in [6.07, 6.45) is 0. The van der Waals surface area contributed by atoms with E-state index in [-0.39, 0.29) is 7.43 Å². The second-order valence-electron chi connectivity index (χ2n) is 0.462. The van der Waals surface area contributed by atoms with E-state index in [2.05, 4.69) is 23.4 Å². The van der Waals surface area contributed by atoms with Gasteiger partial charge >= 0.3 is 7.43 Å². The maximum absolute atomic E-state index is 6.97. The summed E-state index contributed by atoms with van der Waals surface area (Å²) in [6, 6.07) is 0. The molecule has 0 spiro atoms. The quantitative estimate of drug-likeness (QED) is 0.225. The molecule has 0 unspecified atom stereocenters. The fourth-order valence-corrected chi connectivity index (χ4v) is 0. The van der Waals surface area contributed by atoms with Gasteiger partial charge in [0.2, 0.25) is 0 Å². The number of nitrogens with zero attached hydrogens (tertiary/aromatic N) is 8. The van der Waals surface area contributed by atoms with Gasteiger partial charge in [-0.25, -0.2) is 0 Å². The van der Waals surface area contributed by atoms with Crippen LogP contribution >= 0.6 is 0 Å². The van der Waals surface area contributed by atoms with Crippen LogP contribution in [-0.4, -0.2) is 0 Å². The van der Waals surface area contributed by atoms with Crippen molar-refractivity contribution in [1.82, 2.24) is 0 Å². The molecule has 0 rings (SSSR count). The smallest absolute Gasteiger partial charge is 0.427 e. The Morgan fingerprint density at radius 1 is 0.538 bits per heavy atom. The molecule has 12 heteroatoms. The molecule has 0 saturated carbocycles. The summed E-state index contributed by atoms with van der Waals surface area (Å²) in [4.78, 5) is 0. The summed E-state index contributed by atoms with van der Waals surface area (Å²) in [5.41, 5.74) is 27.9. The van der Waals surface area contributed by atoms with Gasteiger partial charge in [0.1, 0.15) is 0 Å². The Morgan fingerprint density at radius 2 is 0.538 bits per heavy atom. The zero-order valence-corrected chi connectivity index (χ0v) is 6.39. The van der Waals surface area contributed by atoms with E-state index in [1.54, 1.807) is 0 Å². The second-order valence-corrected chi connectivity index (χ2v) is 0.462. The molecule has 0 fully saturated rings. The topological polar surface area (TPSA) is 243 Å². The molecule has 13 heavy (non-hydrogen) atoms. The molecule has 0 atom stereocenters. The SMILES string of the molecule is [C+4].[N-]=NN.[N-]=NN.[N-]=NN.[N-]=NN. The number of rotatable bonds is 0. The Balaban J connectivity index is -0.0000000213. The largest absolute Gasteiger partial charge is 4.00 e. The van der Waals surface area contributed by atoms with Crippen LogP contribution in [0.2, 0.25) is 0 Å². The average Bonchev–Trinajstić information content (AvgIpc) is 1.92. The molecular formula is CH8N12. The molecule has 72 valence electrons. The van der Waals surface area contributed by atoms with Crippen LogP contribution in [0.3, 0.4) is 0 Å². The minimum Gasteiger partial charge on any atom is -0.427 e. The average molecular weight is 188 g/mol.